The summed E-state index contributed by atoms with van der Waals surface area (Å²) >= 11 is 5.67. The second-order valence-corrected chi connectivity index (χ2v) is 3.93. The van der Waals surface area contributed by atoms with Crippen molar-refractivity contribution >= 4 is 17.3 Å². The average molecular weight is 251 g/mol. The number of nitrogens with zero attached hydrogens (tertiary/aromatic N) is 1. The lowest BCUT2D eigenvalue weighted by Gasteiger charge is -2.07. The van der Waals surface area contributed by atoms with Crippen molar-refractivity contribution in [3.05, 3.63) is 47.2 Å². The van der Waals surface area contributed by atoms with Crippen molar-refractivity contribution in [2.45, 2.75) is 6.54 Å². The number of hydrogen-bond acceptors (Lipinski definition) is 4. The minimum absolute atomic E-state index is 0.123. The zero-order valence-electron chi connectivity index (χ0n) is 8.89. The van der Waals surface area contributed by atoms with Crippen LogP contribution in [0.3, 0.4) is 0 Å². The van der Waals surface area contributed by atoms with E-state index in [0.29, 0.717) is 11.7 Å². The first-order valence-electron chi connectivity index (χ1n) is 5.01. The Morgan fingerprint density at radius 3 is 2.59 bits per heavy atom. The van der Waals surface area contributed by atoms with Crippen molar-refractivity contribution in [3.8, 4) is 11.5 Å². The predicted molar refractivity (Wildman–Crippen MR) is 66.3 cm³/mol. The summed E-state index contributed by atoms with van der Waals surface area (Å²) < 4.78 is 0. The van der Waals surface area contributed by atoms with Gasteiger partial charge in [0.2, 0.25) is 0 Å². The van der Waals surface area contributed by atoms with Crippen LogP contribution in [0.4, 0.5) is 5.69 Å². The molecule has 17 heavy (non-hydrogen) atoms. The Kier molecular flexibility index (Phi) is 3.35. The molecule has 0 aliphatic heterocycles. The highest BCUT2D eigenvalue weighted by atomic mass is 35.5. The molecule has 1 heterocycles. The maximum atomic E-state index is 9.33. The number of nitrogens with one attached hydrogen (secondary N) is 1. The lowest BCUT2D eigenvalue weighted by molar-refractivity contribution is 0.403. The molecular weight excluding hydrogens is 240 g/mol. The monoisotopic (exact) mass is 250 g/mol. The van der Waals surface area contributed by atoms with Crippen molar-refractivity contribution in [1.82, 2.24) is 4.98 Å². The lowest BCUT2D eigenvalue weighted by atomic mass is 10.2. The van der Waals surface area contributed by atoms with Gasteiger partial charge in [-0.3, -0.25) is 0 Å². The number of rotatable bonds is 3. The highest BCUT2D eigenvalue weighted by Crippen LogP contribution is 2.25. The molecule has 1 aromatic carbocycles. The third-order valence-corrected chi connectivity index (χ3v) is 2.49. The van der Waals surface area contributed by atoms with Gasteiger partial charge in [-0.25, -0.2) is 4.98 Å². The first-order chi connectivity index (χ1) is 8.15. The van der Waals surface area contributed by atoms with E-state index in [1.165, 1.54) is 12.1 Å². The molecule has 0 amide bonds. The summed E-state index contributed by atoms with van der Waals surface area (Å²) in [5, 5.41) is 22.1. The SMILES string of the molecule is Oc1ccc(CNc2ccc(Cl)nc2)cc1O. The van der Waals surface area contributed by atoms with Crippen LogP contribution in [-0.2, 0) is 6.54 Å². The molecule has 3 N–H and O–H groups in total. The second kappa shape index (κ2) is 4.93. The van der Waals surface area contributed by atoms with Gasteiger partial charge < -0.3 is 15.5 Å². The molecule has 0 atom stereocenters. The number of pyridine rings is 1. The summed E-state index contributed by atoms with van der Waals surface area (Å²) in [6, 6.07) is 8.19. The molecule has 0 saturated carbocycles. The second-order valence-electron chi connectivity index (χ2n) is 3.55. The molecule has 0 aliphatic rings. The summed E-state index contributed by atoms with van der Waals surface area (Å²) in [4.78, 5) is 3.94. The van der Waals surface area contributed by atoms with Gasteiger partial charge in [-0.05, 0) is 29.8 Å². The van der Waals surface area contributed by atoms with Gasteiger partial charge in [-0.1, -0.05) is 17.7 Å². The number of phenols is 2. The Morgan fingerprint density at radius 1 is 1.12 bits per heavy atom. The molecule has 0 bridgehead atoms. The number of aromatic nitrogens is 1. The van der Waals surface area contributed by atoms with E-state index < -0.39 is 0 Å². The van der Waals surface area contributed by atoms with Crippen LogP contribution >= 0.6 is 11.6 Å². The van der Waals surface area contributed by atoms with Crippen LogP contribution < -0.4 is 5.32 Å². The number of benzene rings is 1. The van der Waals surface area contributed by atoms with Gasteiger partial charge in [0.1, 0.15) is 5.15 Å². The first kappa shape index (κ1) is 11.5. The fourth-order valence-corrected chi connectivity index (χ4v) is 1.48. The molecule has 2 aromatic rings. The summed E-state index contributed by atoms with van der Waals surface area (Å²) in [7, 11) is 0. The summed E-state index contributed by atoms with van der Waals surface area (Å²) in [5.74, 6) is -0.250. The Bertz CT molecular complexity index is 514. The van der Waals surface area contributed by atoms with E-state index in [-0.39, 0.29) is 11.5 Å². The van der Waals surface area contributed by atoms with Crippen LogP contribution in [0.15, 0.2) is 36.5 Å². The fourth-order valence-electron chi connectivity index (χ4n) is 1.36. The van der Waals surface area contributed by atoms with Crippen LogP contribution in [0.5, 0.6) is 11.5 Å². The largest absolute Gasteiger partial charge is 0.504 e. The quantitative estimate of drug-likeness (QED) is 0.579. The minimum atomic E-state index is -0.126. The lowest BCUT2D eigenvalue weighted by Crippen LogP contribution is -1.99. The van der Waals surface area contributed by atoms with E-state index in [9.17, 15) is 5.11 Å². The van der Waals surface area contributed by atoms with E-state index in [0.717, 1.165) is 11.3 Å². The van der Waals surface area contributed by atoms with Crippen molar-refractivity contribution in [1.29, 1.82) is 0 Å². The van der Waals surface area contributed by atoms with Crippen LogP contribution in [0.25, 0.3) is 0 Å². The molecule has 88 valence electrons. The number of halogens is 1. The third kappa shape index (κ3) is 3.01. The van der Waals surface area contributed by atoms with Gasteiger partial charge in [-0.15, -0.1) is 0 Å². The molecule has 0 aliphatic carbocycles. The van der Waals surface area contributed by atoms with Gasteiger partial charge in [-0.2, -0.15) is 0 Å². The van der Waals surface area contributed by atoms with Crippen molar-refractivity contribution in [3.63, 3.8) is 0 Å². The summed E-state index contributed by atoms with van der Waals surface area (Å²) in [6.07, 6.45) is 1.63. The zero-order chi connectivity index (χ0) is 12.3. The normalized spacial score (nSPS) is 10.2. The third-order valence-electron chi connectivity index (χ3n) is 2.26. The van der Waals surface area contributed by atoms with Crippen molar-refractivity contribution < 1.29 is 10.2 Å². The van der Waals surface area contributed by atoms with Crippen molar-refractivity contribution in [2.24, 2.45) is 0 Å². The van der Waals surface area contributed by atoms with Gasteiger partial charge >= 0.3 is 0 Å². The Hall–Kier alpha value is -1.94. The van der Waals surface area contributed by atoms with Gasteiger partial charge in [0.25, 0.3) is 0 Å². The molecule has 4 nitrogen and oxygen atoms in total. The molecule has 0 radical (unpaired) electrons. The number of anilines is 1. The number of hydrogen-bond donors (Lipinski definition) is 3. The summed E-state index contributed by atoms with van der Waals surface area (Å²) in [5.41, 5.74) is 1.69. The molecule has 0 fully saturated rings. The van der Waals surface area contributed by atoms with Crippen LogP contribution in [0.1, 0.15) is 5.56 Å². The van der Waals surface area contributed by atoms with Crippen LogP contribution in [0.2, 0.25) is 5.15 Å². The zero-order valence-corrected chi connectivity index (χ0v) is 9.65. The van der Waals surface area contributed by atoms with Gasteiger partial charge in [0.15, 0.2) is 11.5 Å². The molecule has 0 unspecified atom stereocenters. The van der Waals surface area contributed by atoms with E-state index in [1.807, 2.05) is 6.07 Å². The van der Waals surface area contributed by atoms with Crippen molar-refractivity contribution in [2.75, 3.05) is 5.32 Å². The van der Waals surface area contributed by atoms with Crippen LogP contribution in [0, 0.1) is 0 Å². The molecule has 2 rings (SSSR count). The smallest absolute Gasteiger partial charge is 0.157 e. The predicted octanol–water partition coefficient (Wildman–Crippen LogP) is 2.76. The Morgan fingerprint density at radius 2 is 1.94 bits per heavy atom. The maximum Gasteiger partial charge on any atom is 0.157 e. The molecule has 1 aromatic heterocycles. The van der Waals surface area contributed by atoms with E-state index in [2.05, 4.69) is 10.3 Å². The number of aromatic hydroxyl groups is 2. The fraction of sp³-hybridized carbons (Fsp3) is 0.0833. The van der Waals surface area contributed by atoms with Crippen LogP contribution in [-0.4, -0.2) is 15.2 Å². The molecule has 0 spiro atoms. The van der Waals surface area contributed by atoms with Gasteiger partial charge in [0.05, 0.1) is 11.9 Å². The molecule has 5 heteroatoms. The highest BCUT2D eigenvalue weighted by molar-refractivity contribution is 6.29. The standard InChI is InChI=1S/C12H11ClN2O2/c13-12-4-2-9(7-15-12)14-6-8-1-3-10(16)11(17)5-8/h1-5,7,14,16-17H,6H2. The minimum Gasteiger partial charge on any atom is -0.504 e. The average Bonchev–Trinajstić information content (AvgIpc) is 2.33. The Labute approximate surface area is 104 Å². The highest BCUT2D eigenvalue weighted by Gasteiger charge is 2.00. The van der Waals surface area contributed by atoms with Gasteiger partial charge in [0, 0.05) is 6.54 Å². The Balaban J connectivity index is 2.02. The maximum absolute atomic E-state index is 9.33. The number of phenolic OH excluding ortho intramolecular Hbond substituents is 2. The van der Waals surface area contributed by atoms with E-state index in [1.54, 1.807) is 18.3 Å². The molecule has 0 saturated heterocycles. The van der Waals surface area contributed by atoms with E-state index >= 15 is 0 Å². The molecular formula is C12H11ClN2O2. The topological polar surface area (TPSA) is 65.4 Å². The van der Waals surface area contributed by atoms with E-state index in [4.69, 9.17) is 16.7 Å². The first-order valence-corrected chi connectivity index (χ1v) is 5.39. The summed E-state index contributed by atoms with van der Waals surface area (Å²) in [6.45, 7) is 0.525.